The Morgan fingerprint density at radius 2 is 2.03 bits per heavy atom. The molecule has 2 atom stereocenters. The van der Waals surface area contributed by atoms with Crippen molar-refractivity contribution in [1.29, 1.82) is 0 Å². The van der Waals surface area contributed by atoms with Gasteiger partial charge in [-0.1, -0.05) is 13.8 Å². The molecule has 0 amide bonds. The molecular weight excluding hydrogens is 398 g/mol. The average Bonchev–Trinajstić information content (AvgIpc) is 3.14. The molecule has 5 heterocycles. The molecule has 2 N–H and O–H groups in total. The number of rotatable bonds is 3. The smallest absolute Gasteiger partial charge is 0.291 e. The number of nitrogens with zero attached hydrogens (tertiary/aromatic N) is 4. The van der Waals surface area contributed by atoms with Crippen LogP contribution in [0.5, 0.6) is 0 Å². The van der Waals surface area contributed by atoms with Crippen LogP contribution in [0, 0.1) is 11.8 Å². The van der Waals surface area contributed by atoms with Gasteiger partial charge in [0.25, 0.3) is 17.6 Å². The molecule has 0 aliphatic carbocycles. The minimum Gasteiger partial charge on any atom is -0.483 e. The number of pyridine rings is 1. The molecule has 1 fully saturated rings. The fraction of sp³-hybridized carbons (Fsp3) is 0.455. The SMILES string of the molecule is CC(C)CN1C[C@@H]2C[C@H](C1)c1cc(-c3cnc4c(=O)[nH]ccn34)cc(=O)n1C2.O=CO. The zero-order valence-corrected chi connectivity index (χ0v) is 17.7. The second kappa shape index (κ2) is 8.50. The molecule has 0 saturated carbocycles. The number of imidazole rings is 1. The summed E-state index contributed by atoms with van der Waals surface area (Å²) in [6.45, 7) is 8.25. The molecule has 2 aliphatic heterocycles. The van der Waals surface area contributed by atoms with Gasteiger partial charge >= 0.3 is 0 Å². The van der Waals surface area contributed by atoms with E-state index in [1.807, 2.05) is 4.57 Å². The number of aromatic nitrogens is 4. The summed E-state index contributed by atoms with van der Waals surface area (Å²) in [5.74, 6) is 1.56. The van der Waals surface area contributed by atoms with Crippen molar-refractivity contribution in [3.63, 3.8) is 0 Å². The van der Waals surface area contributed by atoms with Crippen LogP contribution in [0.25, 0.3) is 16.9 Å². The maximum atomic E-state index is 12.9. The third-order valence-electron chi connectivity index (χ3n) is 5.99. The van der Waals surface area contributed by atoms with Crippen molar-refractivity contribution in [2.75, 3.05) is 19.6 Å². The topological polar surface area (TPSA) is 113 Å². The summed E-state index contributed by atoms with van der Waals surface area (Å²) < 4.78 is 3.72. The molecule has 3 aromatic heterocycles. The van der Waals surface area contributed by atoms with Gasteiger partial charge in [0, 0.05) is 61.8 Å². The minimum atomic E-state index is -0.250. The van der Waals surface area contributed by atoms with Crippen LogP contribution in [-0.2, 0) is 11.3 Å². The summed E-state index contributed by atoms with van der Waals surface area (Å²) in [6, 6.07) is 3.81. The first-order chi connectivity index (χ1) is 14.9. The molecule has 0 unspecified atom stereocenters. The molecule has 31 heavy (non-hydrogen) atoms. The molecule has 0 radical (unpaired) electrons. The second-order valence-electron chi connectivity index (χ2n) is 8.76. The van der Waals surface area contributed by atoms with Crippen molar-refractivity contribution >= 4 is 12.1 Å². The predicted molar refractivity (Wildman–Crippen MR) is 116 cm³/mol. The third kappa shape index (κ3) is 4.05. The number of piperidine rings is 1. The molecular formula is C22H27N5O4. The molecule has 2 bridgehead atoms. The van der Waals surface area contributed by atoms with E-state index in [1.165, 1.54) is 0 Å². The first-order valence-electron chi connectivity index (χ1n) is 10.5. The van der Waals surface area contributed by atoms with Gasteiger partial charge in [-0.05, 0) is 24.3 Å². The Hall–Kier alpha value is -3.20. The van der Waals surface area contributed by atoms with Crippen molar-refractivity contribution in [3.05, 3.63) is 57.1 Å². The lowest BCUT2D eigenvalue weighted by molar-refractivity contribution is -0.122. The highest BCUT2D eigenvalue weighted by Crippen LogP contribution is 2.36. The lowest BCUT2D eigenvalue weighted by Crippen LogP contribution is -2.48. The van der Waals surface area contributed by atoms with E-state index >= 15 is 0 Å². The molecule has 1 saturated heterocycles. The zero-order chi connectivity index (χ0) is 22.1. The molecule has 5 rings (SSSR count). The number of H-pyrrole nitrogens is 1. The lowest BCUT2D eigenvalue weighted by Gasteiger charge is -2.43. The van der Waals surface area contributed by atoms with Gasteiger partial charge in [-0.2, -0.15) is 0 Å². The third-order valence-corrected chi connectivity index (χ3v) is 5.99. The Bertz CT molecular complexity index is 1210. The van der Waals surface area contributed by atoms with Gasteiger partial charge in [0.05, 0.1) is 11.9 Å². The molecule has 9 nitrogen and oxygen atoms in total. The largest absolute Gasteiger partial charge is 0.483 e. The number of aromatic amines is 1. The Balaban J connectivity index is 0.000000730. The van der Waals surface area contributed by atoms with Crippen molar-refractivity contribution < 1.29 is 9.90 Å². The first kappa shape index (κ1) is 21.0. The minimum absolute atomic E-state index is 0.0410. The Morgan fingerprint density at radius 3 is 2.77 bits per heavy atom. The summed E-state index contributed by atoms with van der Waals surface area (Å²) in [7, 11) is 0. The number of hydrogen-bond donors (Lipinski definition) is 2. The quantitative estimate of drug-likeness (QED) is 0.617. The van der Waals surface area contributed by atoms with E-state index in [-0.39, 0.29) is 17.6 Å². The van der Waals surface area contributed by atoms with E-state index in [2.05, 4.69) is 34.8 Å². The standard InChI is InChI=1S/C21H25N5O2.CH2O2/c1-13(2)9-24-10-14-5-16(12-24)17-6-15(7-19(27)26(17)11-14)18-8-23-20-21(28)22-3-4-25(18)20;2-1-3/h3-4,6-8,13-14,16H,5,9-12H2,1-2H3,(H,22,28);1H,(H,2,3)/t14-,16+;/m0./s1. The van der Waals surface area contributed by atoms with Gasteiger partial charge in [-0.25, -0.2) is 4.98 Å². The lowest BCUT2D eigenvalue weighted by atomic mass is 9.82. The fourth-order valence-corrected chi connectivity index (χ4v) is 5.02. The Labute approximate surface area is 179 Å². The summed E-state index contributed by atoms with van der Waals surface area (Å²) in [6.07, 6.45) is 6.19. The molecule has 9 heteroatoms. The first-order valence-corrected chi connectivity index (χ1v) is 10.5. The Morgan fingerprint density at radius 1 is 1.26 bits per heavy atom. The summed E-state index contributed by atoms with van der Waals surface area (Å²) >= 11 is 0. The van der Waals surface area contributed by atoms with E-state index in [1.54, 1.807) is 29.1 Å². The van der Waals surface area contributed by atoms with Crippen LogP contribution in [0.4, 0.5) is 0 Å². The molecule has 3 aromatic rings. The summed E-state index contributed by atoms with van der Waals surface area (Å²) in [4.78, 5) is 42.7. The molecule has 2 aliphatic rings. The monoisotopic (exact) mass is 425 g/mol. The van der Waals surface area contributed by atoms with Crippen LogP contribution < -0.4 is 11.1 Å². The van der Waals surface area contributed by atoms with Gasteiger partial charge in [-0.3, -0.25) is 18.8 Å². The van der Waals surface area contributed by atoms with Gasteiger partial charge in [-0.15, -0.1) is 0 Å². The van der Waals surface area contributed by atoms with Crippen LogP contribution >= 0.6 is 0 Å². The zero-order valence-electron chi connectivity index (χ0n) is 17.7. The van der Waals surface area contributed by atoms with E-state index in [0.717, 1.165) is 49.6 Å². The number of carboxylic acid groups (broad SMARTS) is 1. The highest BCUT2D eigenvalue weighted by molar-refractivity contribution is 5.63. The summed E-state index contributed by atoms with van der Waals surface area (Å²) in [5.41, 5.74) is 2.87. The number of likely N-dealkylation sites (tertiary alicyclic amines) is 1. The van der Waals surface area contributed by atoms with Crippen LogP contribution in [0.1, 0.15) is 31.9 Å². The van der Waals surface area contributed by atoms with Gasteiger partial charge in [0.1, 0.15) is 0 Å². The van der Waals surface area contributed by atoms with E-state index < -0.39 is 0 Å². The van der Waals surface area contributed by atoms with Crippen LogP contribution in [0.15, 0.2) is 40.3 Å². The fourth-order valence-electron chi connectivity index (χ4n) is 5.02. The van der Waals surface area contributed by atoms with Crippen LogP contribution in [-0.4, -0.2) is 55.0 Å². The number of nitrogens with one attached hydrogen (secondary N) is 1. The van der Waals surface area contributed by atoms with Crippen molar-refractivity contribution in [2.45, 2.75) is 32.7 Å². The van der Waals surface area contributed by atoms with Crippen molar-refractivity contribution in [1.82, 2.24) is 23.8 Å². The number of fused-ring (bicyclic) bond motifs is 5. The maximum Gasteiger partial charge on any atom is 0.291 e. The van der Waals surface area contributed by atoms with E-state index in [9.17, 15) is 9.59 Å². The maximum absolute atomic E-state index is 12.9. The van der Waals surface area contributed by atoms with Crippen LogP contribution in [0.2, 0.25) is 0 Å². The van der Waals surface area contributed by atoms with Gasteiger partial charge in [0.2, 0.25) is 5.65 Å². The molecule has 0 spiro atoms. The van der Waals surface area contributed by atoms with Gasteiger partial charge < -0.3 is 19.6 Å². The number of carbonyl (C=O) groups is 1. The van der Waals surface area contributed by atoms with Crippen LogP contribution in [0.3, 0.4) is 0 Å². The predicted octanol–water partition coefficient (Wildman–Crippen LogP) is 1.63. The summed E-state index contributed by atoms with van der Waals surface area (Å²) in [5, 5.41) is 6.89. The van der Waals surface area contributed by atoms with Gasteiger partial charge in [0.15, 0.2) is 0 Å². The average molecular weight is 425 g/mol. The number of hydrogen-bond acceptors (Lipinski definition) is 5. The van der Waals surface area contributed by atoms with E-state index in [0.29, 0.717) is 23.4 Å². The highest BCUT2D eigenvalue weighted by atomic mass is 16.3. The van der Waals surface area contributed by atoms with E-state index in [4.69, 9.17) is 9.90 Å². The molecule has 164 valence electrons. The molecule has 0 aromatic carbocycles. The normalized spacial score (nSPS) is 20.2. The van der Waals surface area contributed by atoms with Crippen molar-refractivity contribution in [2.24, 2.45) is 11.8 Å². The van der Waals surface area contributed by atoms with Crippen molar-refractivity contribution in [3.8, 4) is 11.3 Å². The second-order valence-corrected chi connectivity index (χ2v) is 8.76. The highest BCUT2D eigenvalue weighted by Gasteiger charge is 2.35. The Kier molecular flexibility index (Phi) is 5.77.